The topological polar surface area (TPSA) is 41.5 Å². The standard InChI is InChI=1S/C15H23NO2/c1-3-16-14-8-7-13-12(14)5-4-6-15(13)18-10-9-11(2)17/h4-6,11,14,16-17H,3,7-10H2,1-2H3. The third kappa shape index (κ3) is 3.03. The van der Waals surface area contributed by atoms with E-state index in [-0.39, 0.29) is 6.10 Å². The van der Waals surface area contributed by atoms with E-state index in [0.29, 0.717) is 19.1 Å². The molecule has 0 fully saturated rings. The molecule has 0 amide bonds. The first-order valence-corrected chi connectivity index (χ1v) is 6.88. The maximum atomic E-state index is 9.25. The van der Waals surface area contributed by atoms with Gasteiger partial charge in [-0.3, -0.25) is 0 Å². The lowest BCUT2D eigenvalue weighted by Crippen LogP contribution is -2.18. The summed E-state index contributed by atoms with van der Waals surface area (Å²) in [6.07, 6.45) is 2.62. The maximum absolute atomic E-state index is 9.25. The highest BCUT2D eigenvalue weighted by molar-refractivity contribution is 5.45. The molecule has 3 nitrogen and oxygen atoms in total. The van der Waals surface area contributed by atoms with E-state index >= 15 is 0 Å². The van der Waals surface area contributed by atoms with Gasteiger partial charge in [0.2, 0.25) is 0 Å². The fraction of sp³-hybridized carbons (Fsp3) is 0.600. The third-order valence-electron chi connectivity index (χ3n) is 3.47. The van der Waals surface area contributed by atoms with Crippen LogP contribution in [0.3, 0.4) is 0 Å². The second-order valence-corrected chi connectivity index (χ2v) is 4.96. The van der Waals surface area contributed by atoms with Crippen molar-refractivity contribution in [2.24, 2.45) is 0 Å². The van der Waals surface area contributed by atoms with E-state index in [4.69, 9.17) is 4.74 Å². The van der Waals surface area contributed by atoms with Crippen molar-refractivity contribution < 1.29 is 9.84 Å². The molecule has 0 heterocycles. The van der Waals surface area contributed by atoms with Gasteiger partial charge in [-0.2, -0.15) is 0 Å². The Balaban J connectivity index is 2.05. The minimum Gasteiger partial charge on any atom is -0.493 e. The van der Waals surface area contributed by atoms with Gasteiger partial charge >= 0.3 is 0 Å². The summed E-state index contributed by atoms with van der Waals surface area (Å²) in [4.78, 5) is 0. The number of nitrogens with one attached hydrogen (secondary N) is 1. The first kappa shape index (κ1) is 13.4. The van der Waals surface area contributed by atoms with E-state index in [9.17, 15) is 5.11 Å². The molecule has 0 bridgehead atoms. The summed E-state index contributed by atoms with van der Waals surface area (Å²) in [5.41, 5.74) is 2.72. The molecule has 0 aliphatic heterocycles. The van der Waals surface area contributed by atoms with Crippen molar-refractivity contribution in [3.8, 4) is 5.75 Å². The van der Waals surface area contributed by atoms with Gasteiger partial charge in [0.05, 0.1) is 12.7 Å². The largest absolute Gasteiger partial charge is 0.493 e. The number of ether oxygens (including phenoxy) is 1. The smallest absolute Gasteiger partial charge is 0.122 e. The minimum atomic E-state index is -0.295. The molecular formula is C15H23NO2. The van der Waals surface area contributed by atoms with Gasteiger partial charge in [-0.1, -0.05) is 19.1 Å². The van der Waals surface area contributed by atoms with Gasteiger partial charge in [-0.05, 0) is 43.5 Å². The van der Waals surface area contributed by atoms with Gasteiger partial charge in [-0.15, -0.1) is 0 Å². The molecule has 0 spiro atoms. The zero-order valence-electron chi connectivity index (χ0n) is 11.3. The van der Waals surface area contributed by atoms with Gasteiger partial charge in [0, 0.05) is 12.5 Å². The molecule has 3 heteroatoms. The lowest BCUT2D eigenvalue weighted by atomic mass is 10.1. The van der Waals surface area contributed by atoms with Crippen LogP contribution in [-0.2, 0) is 6.42 Å². The predicted octanol–water partition coefficient (Wildman–Crippen LogP) is 2.43. The molecule has 1 aromatic rings. The molecule has 2 rings (SSSR count). The van der Waals surface area contributed by atoms with Gasteiger partial charge < -0.3 is 15.2 Å². The predicted molar refractivity (Wildman–Crippen MR) is 73.0 cm³/mol. The highest BCUT2D eigenvalue weighted by Gasteiger charge is 2.24. The Bertz CT molecular complexity index is 390. The number of benzene rings is 1. The molecule has 18 heavy (non-hydrogen) atoms. The zero-order valence-corrected chi connectivity index (χ0v) is 11.3. The molecule has 1 aliphatic rings. The van der Waals surface area contributed by atoms with Crippen LogP contribution in [0.2, 0.25) is 0 Å². The summed E-state index contributed by atoms with van der Waals surface area (Å²) in [7, 11) is 0. The first-order chi connectivity index (χ1) is 8.72. The Labute approximate surface area is 109 Å². The molecule has 0 saturated heterocycles. The van der Waals surface area contributed by atoms with Crippen LogP contribution < -0.4 is 10.1 Å². The molecule has 1 aliphatic carbocycles. The molecule has 2 atom stereocenters. The van der Waals surface area contributed by atoms with E-state index in [1.54, 1.807) is 6.92 Å². The number of aliphatic hydroxyl groups excluding tert-OH is 1. The molecule has 2 unspecified atom stereocenters. The lowest BCUT2D eigenvalue weighted by molar-refractivity contribution is 0.155. The highest BCUT2D eigenvalue weighted by Crippen LogP contribution is 2.36. The Morgan fingerprint density at radius 3 is 3.06 bits per heavy atom. The maximum Gasteiger partial charge on any atom is 0.122 e. The van der Waals surface area contributed by atoms with E-state index in [2.05, 4.69) is 24.4 Å². The molecule has 0 radical (unpaired) electrons. The summed E-state index contributed by atoms with van der Waals surface area (Å²) in [6, 6.07) is 6.77. The number of aliphatic hydroxyl groups is 1. The van der Waals surface area contributed by atoms with Crippen molar-refractivity contribution in [2.45, 2.75) is 45.3 Å². The van der Waals surface area contributed by atoms with Gasteiger partial charge in [0.15, 0.2) is 0 Å². The van der Waals surface area contributed by atoms with Crippen LogP contribution in [0.1, 0.15) is 43.9 Å². The Morgan fingerprint density at radius 2 is 2.33 bits per heavy atom. The van der Waals surface area contributed by atoms with Crippen LogP contribution in [0, 0.1) is 0 Å². The SMILES string of the molecule is CCNC1CCc2c(OCCC(C)O)cccc21. The molecule has 0 aromatic heterocycles. The molecule has 0 saturated carbocycles. The number of hydrogen-bond acceptors (Lipinski definition) is 3. The molecule has 2 N–H and O–H groups in total. The fourth-order valence-corrected chi connectivity index (χ4v) is 2.55. The highest BCUT2D eigenvalue weighted by atomic mass is 16.5. The van der Waals surface area contributed by atoms with E-state index in [0.717, 1.165) is 25.1 Å². The van der Waals surface area contributed by atoms with Crippen LogP contribution in [-0.4, -0.2) is 24.4 Å². The minimum absolute atomic E-state index is 0.295. The Kier molecular flexibility index (Phi) is 4.61. The lowest BCUT2D eigenvalue weighted by Gasteiger charge is -2.14. The van der Waals surface area contributed by atoms with E-state index < -0.39 is 0 Å². The second kappa shape index (κ2) is 6.21. The average Bonchev–Trinajstić information content (AvgIpc) is 2.74. The van der Waals surface area contributed by atoms with Crippen LogP contribution in [0.5, 0.6) is 5.75 Å². The summed E-state index contributed by atoms with van der Waals surface area (Å²) in [6.45, 7) is 5.51. The van der Waals surface area contributed by atoms with Crippen molar-refractivity contribution in [1.29, 1.82) is 0 Å². The van der Waals surface area contributed by atoms with Crippen molar-refractivity contribution in [2.75, 3.05) is 13.2 Å². The third-order valence-corrected chi connectivity index (χ3v) is 3.47. The number of fused-ring (bicyclic) bond motifs is 1. The Morgan fingerprint density at radius 1 is 1.50 bits per heavy atom. The van der Waals surface area contributed by atoms with Crippen LogP contribution in [0.4, 0.5) is 0 Å². The molecule has 100 valence electrons. The van der Waals surface area contributed by atoms with Gasteiger partial charge in [0.1, 0.15) is 5.75 Å². The van der Waals surface area contributed by atoms with Crippen LogP contribution >= 0.6 is 0 Å². The quantitative estimate of drug-likeness (QED) is 0.813. The average molecular weight is 249 g/mol. The summed E-state index contributed by atoms with van der Waals surface area (Å²) in [5, 5.41) is 12.8. The van der Waals surface area contributed by atoms with Crippen molar-refractivity contribution in [3.63, 3.8) is 0 Å². The second-order valence-electron chi connectivity index (χ2n) is 4.96. The van der Waals surface area contributed by atoms with Gasteiger partial charge in [0.25, 0.3) is 0 Å². The van der Waals surface area contributed by atoms with Crippen molar-refractivity contribution in [3.05, 3.63) is 29.3 Å². The first-order valence-electron chi connectivity index (χ1n) is 6.88. The summed E-state index contributed by atoms with van der Waals surface area (Å²) < 4.78 is 5.80. The number of rotatable bonds is 6. The van der Waals surface area contributed by atoms with E-state index in [1.807, 2.05) is 6.07 Å². The van der Waals surface area contributed by atoms with Crippen molar-refractivity contribution in [1.82, 2.24) is 5.32 Å². The fourth-order valence-electron chi connectivity index (χ4n) is 2.55. The summed E-state index contributed by atoms with van der Waals surface area (Å²) in [5.74, 6) is 0.994. The molecule has 1 aromatic carbocycles. The summed E-state index contributed by atoms with van der Waals surface area (Å²) >= 11 is 0. The number of hydrogen-bond donors (Lipinski definition) is 2. The van der Waals surface area contributed by atoms with Gasteiger partial charge in [-0.25, -0.2) is 0 Å². The molecular weight excluding hydrogens is 226 g/mol. The van der Waals surface area contributed by atoms with E-state index in [1.165, 1.54) is 11.1 Å². The van der Waals surface area contributed by atoms with Crippen LogP contribution in [0.15, 0.2) is 18.2 Å². The Hall–Kier alpha value is -1.06. The monoisotopic (exact) mass is 249 g/mol. The van der Waals surface area contributed by atoms with Crippen molar-refractivity contribution >= 4 is 0 Å². The van der Waals surface area contributed by atoms with Crippen LogP contribution in [0.25, 0.3) is 0 Å². The normalized spacial score (nSPS) is 19.6. The zero-order chi connectivity index (χ0) is 13.0.